The molecule has 1 amide bonds. The number of nitrogens with one attached hydrogen (secondary N) is 1. The summed E-state index contributed by atoms with van der Waals surface area (Å²) in [5.74, 6) is -0.794. The lowest BCUT2D eigenvalue weighted by Gasteiger charge is -2.25. The van der Waals surface area contributed by atoms with Crippen LogP contribution in [-0.4, -0.2) is 28.7 Å². The number of aryl methyl sites for hydroxylation is 3. The largest absolute Gasteiger partial charge is 0.455 e. The van der Waals surface area contributed by atoms with Crippen molar-refractivity contribution >= 4 is 23.3 Å². The zero-order chi connectivity index (χ0) is 20.5. The topological polar surface area (TPSA) is 75.3 Å². The van der Waals surface area contributed by atoms with E-state index in [1.54, 1.807) is 4.90 Å². The molecule has 0 saturated heterocycles. The van der Waals surface area contributed by atoms with Crippen LogP contribution in [0.1, 0.15) is 28.8 Å². The Morgan fingerprint density at radius 3 is 2.33 bits per heavy atom. The zero-order valence-corrected chi connectivity index (χ0v) is 16.6. The number of fused-ring (bicyclic) bond motifs is 3. The molecule has 1 aromatic heterocycles. The summed E-state index contributed by atoms with van der Waals surface area (Å²) in [6, 6.07) is 15.9. The van der Waals surface area contributed by atoms with Crippen molar-refractivity contribution in [2.24, 2.45) is 5.92 Å². The fourth-order valence-corrected chi connectivity index (χ4v) is 4.47. The van der Waals surface area contributed by atoms with Crippen LogP contribution < -0.4 is 4.90 Å². The van der Waals surface area contributed by atoms with Crippen LogP contribution in [-0.2, 0) is 40.0 Å². The first kappa shape index (κ1) is 18.6. The van der Waals surface area contributed by atoms with Gasteiger partial charge in [0.25, 0.3) is 5.91 Å². The maximum Gasteiger partial charge on any atom is 0.309 e. The van der Waals surface area contributed by atoms with Crippen molar-refractivity contribution in [3.63, 3.8) is 0 Å². The second-order valence-corrected chi connectivity index (χ2v) is 7.91. The van der Waals surface area contributed by atoms with Gasteiger partial charge in [-0.3, -0.25) is 19.6 Å². The number of amides is 1. The van der Waals surface area contributed by atoms with Gasteiger partial charge in [0.2, 0.25) is 0 Å². The maximum atomic E-state index is 13.3. The first-order chi connectivity index (χ1) is 14.7. The standard InChI is InChI=1S/C24H23N3O3/c28-23(15-30-24(29)18-11-12-19-14-25-26-20(19)13-18)27-21-7-3-1-5-16(21)9-10-17-6-2-4-8-22(17)27/h1-8,14,18H,9-13,15H2,(H,25,26). The number of hydrogen-bond donors (Lipinski definition) is 1. The van der Waals surface area contributed by atoms with Gasteiger partial charge in [-0.05, 0) is 54.5 Å². The lowest BCUT2D eigenvalue weighted by Crippen LogP contribution is -2.33. The molecule has 30 heavy (non-hydrogen) atoms. The summed E-state index contributed by atoms with van der Waals surface area (Å²) in [7, 11) is 0. The molecule has 1 N–H and O–H groups in total. The van der Waals surface area contributed by atoms with Crippen molar-refractivity contribution in [2.45, 2.75) is 32.1 Å². The average Bonchev–Trinajstić information content (AvgIpc) is 3.18. The summed E-state index contributed by atoms with van der Waals surface area (Å²) in [5.41, 5.74) is 6.12. The van der Waals surface area contributed by atoms with Crippen molar-refractivity contribution in [1.82, 2.24) is 10.2 Å². The first-order valence-electron chi connectivity index (χ1n) is 10.4. The van der Waals surface area contributed by atoms with Crippen molar-refractivity contribution < 1.29 is 14.3 Å². The van der Waals surface area contributed by atoms with Gasteiger partial charge in [-0.1, -0.05) is 36.4 Å². The molecule has 6 heteroatoms. The molecule has 0 spiro atoms. The second kappa shape index (κ2) is 7.78. The molecule has 1 aliphatic carbocycles. The van der Waals surface area contributed by atoms with Crippen LogP contribution in [0.5, 0.6) is 0 Å². The van der Waals surface area contributed by atoms with Gasteiger partial charge in [0.1, 0.15) is 0 Å². The van der Waals surface area contributed by atoms with E-state index in [9.17, 15) is 9.59 Å². The van der Waals surface area contributed by atoms with Gasteiger partial charge in [0.05, 0.1) is 23.5 Å². The number of hydrogen-bond acceptors (Lipinski definition) is 4. The molecule has 2 heterocycles. The highest BCUT2D eigenvalue weighted by Crippen LogP contribution is 2.36. The number of aromatic nitrogens is 2. The van der Waals surface area contributed by atoms with E-state index in [0.717, 1.165) is 59.4 Å². The fraction of sp³-hybridized carbons (Fsp3) is 0.292. The highest BCUT2D eigenvalue weighted by Gasteiger charge is 2.30. The van der Waals surface area contributed by atoms with Crippen LogP contribution in [0, 0.1) is 5.92 Å². The van der Waals surface area contributed by atoms with Crippen molar-refractivity contribution in [3.05, 3.63) is 77.1 Å². The first-order valence-corrected chi connectivity index (χ1v) is 10.4. The molecule has 3 aromatic rings. The van der Waals surface area contributed by atoms with Gasteiger partial charge >= 0.3 is 5.97 Å². The Bertz CT molecular complexity index is 1060. The smallest absolute Gasteiger partial charge is 0.309 e. The van der Waals surface area contributed by atoms with Gasteiger partial charge in [-0.15, -0.1) is 0 Å². The Balaban J connectivity index is 1.34. The summed E-state index contributed by atoms with van der Waals surface area (Å²) in [6.07, 6.45) is 5.64. The molecule has 0 saturated carbocycles. The highest BCUT2D eigenvalue weighted by atomic mass is 16.5. The van der Waals surface area contributed by atoms with Gasteiger partial charge < -0.3 is 4.74 Å². The number of nitrogens with zero attached hydrogens (tertiary/aromatic N) is 2. The van der Waals surface area contributed by atoms with Crippen molar-refractivity contribution in [1.29, 1.82) is 0 Å². The lowest BCUT2D eigenvalue weighted by atomic mass is 9.88. The maximum absolute atomic E-state index is 13.3. The Morgan fingerprint density at radius 2 is 1.63 bits per heavy atom. The molecule has 2 aromatic carbocycles. The predicted octanol–water partition coefficient (Wildman–Crippen LogP) is 3.52. The van der Waals surface area contributed by atoms with Crippen molar-refractivity contribution in [3.8, 4) is 0 Å². The lowest BCUT2D eigenvalue weighted by molar-refractivity contribution is -0.152. The third-order valence-corrected chi connectivity index (χ3v) is 6.07. The van der Waals surface area contributed by atoms with E-state index < -0.39 is 0 Å². The molecule has 6 nitrogen and oxygen atoms in total. The SMILES string of the molecule is O=C(OCC(=O)N1c2ccccc2CCc2ccccc21)C1CCc2cn[nH]c2C1. The molecule has 1 aliphatic heterocycles. The summed E-state index contributed by atoms with van der Waals surface area (Å²) >= 11 is 0. The van der Waals surface area contributed by atoms with E-state index in [1.165, 1.54) is 0 Å². The van der Waals surface area contributed by atoms with Crippen LogP contribution in [0.4, 0.5) is 11.4 Å². The average molecular weight is 401 g/mol. The predicted molar refractivity (Wildman–Crippen MR) is 112 cm³/mol. The Hall–Kier alpha value is -3.41. The Morgan fingerprint density at radius 1 is 0.967 bits per heavy atom. The summed E-state index contributed by atoms with van der Waals surface area (Å²) in [6.45, 7) is -0.270. The molecule has 0 fully saturated rings. The molecule has 0 radical (unpaired) electrons. The van der Waals surface area contributed by atoms with E-state index in [0.29, 0.717) is 6.42 Å². The van der Waals surface area contributed by atoms with Crippen LogP contribution in [0.15, 0.2) is 54.7 Å². The van der Waals surface area contributed by atoms with Crippen LogP contribution >= 0.6 is 0 Å². The molecule has 5 rings (SSSR count). The minimum absolute atomic E-state index is 0.233. The van der Waals surface area contributed by atoms with E-state index in [2.05, 4.69) is 22.3 Å². The number of ether oxygens (including phenoxy) is 1. The number of benzene rings is 2. The van der Waals surface area contributed by atoms with Crippen LogP contribution in [0.3, 0.4) is 0 Å². The van der Waals surface area contributed by atoms with Crippen LogP contribution in [0.2, 0.25) is 0 Å². The third-order valence-electron chi connectivity index (χ3n) is 6.07. The number of rotatable bonds is 3. The quantitative estimate of drug-likeness (QED) is 0.682. The highest BCUT2D eigenvalue weighted by molar-refractivity contribution is 6.03. The molecular weight excluding hydrogens is 378 g/mol. The molecule has 2 aliphatic rings. The summed E-state index contributed by atoms with van der Waals surface area (Å²) in [4.78, 5) is 27.6. The number of aromatic amines is 1. The molecule has 1 atom stereocenters. The van der Waals surface area contributed by atoms with E-state index in [-0.39, 0.29) is 24.4 Å². The van der Waals surface area contributed by atoms with E-state index in [4.69, 9.17) is 4.74 Å². The summed E-state index contributed by atoms with van der Waals surface area (Å²) < 4.78 is 5.49. The molecular formula is C24H23N3O3. The minimum atomic E-state index is -0.319. The molecule has 152 valence electrons. The normalized spacial score (nSPS) is 17.3. The number of esters is 1. The second-order valence-electron chi connectivity index (χ2n) is 7.91. The van der Waals surface area contributed by atoms with Gasteiger partial charge in [-0.25, -0.2) is 0 Å². The van der Waals surface area contributed by atoms with E-state index in [1.807, 2.05) is 42.6 Å². The number of carbonyl (C=O) groups is 2. The number of para-hydroxylation sites is 2. The van der Waals surface area contributed by atoms with Crippen molar-refractivity contribution in [2.75, 3.05) is 11.5 Å². The zero-order valence-electron chi connectivity index (χ0n) is 16.6. The molecule has 1 unspecified atom stereocenters. The number of H-pyrrole nitrogens is 1. The fourth-order valence-electron chi connectivity index (χ4n) is 4.47. The minimum Gasteiger partial charge on any atom is -0.455 e. The number of anilines is 2. The molecule has 0 bridgehead atoms. The Kier molecular flexibility index (Phi) is 4.83. The van der Waals surface area contributed by atoms with Gasteiger partial charge in [0, 0.05) is 12.1 Å². The van der Waals surface area contributed by atoms with E-state index >= 15 is 0 Å². The van der Waals surface area contributed by atoms with Gasteiger partial charge in [-0.2, -0.15) is 5.10 Å². The van der Waals surface area contributed by atoms with Gasteiger partial charge in [0.15, 0.2) is 6.61 Å². The summed E-state index contributed by atoms with van der Waals surface area (Å²) in [5, 5.41) is 7.00. The van der Waals surface area contributed by atoms with Crippen LogP contribution in [0.25, 0.3) is 0 Å². The third kappa shape index (κ3) is 3.38. The Labute approximate surface area is 174 Å². The monoisotopic (exact) mass is 401 g/mol. The number of carbonyl (C=O) groups excluding carboxylic acids is 2.